The van der Waals surface area contributed by atoms with Gasteiger partial charge in [0.1, 0.15) is 0 Å². The van der Waals surface area contributed by atoms with Crippen molar-refractivity contribution >= 4 is 5.69 Å². The number of hydrogen-bond donors (Lipinski definition) is 1. The monoisotopic (exact) mass is 261 g/mol. The number of benzene rings is 1. The molecule has 2 rings (SSSR count). The normalized spacial score (nSPS) is 10.6. The molecule has 0 aliphatic heterocycles. The summed E-state index contributed by atoms with van der Waals surface area (Å²) in [5.41, 5.74) is 10.7. The van der Waals surface area contributed by atoms with E-state index in [1.165, 1.54) is 0 Å². The smallest absolute Gasteiger partial charge is 0.163 e. The second-order valence-electron chi connectivity index (χ2n) is 4.47. The highest BCUT2D eigenvalue weighted by atomic mass is 16.5. The maximum absolute atomic E-state index is 6.08. The third-order valence-corrected chi connectivity index (χ3v) is 3.41. The zero-order valence-corrected chi connectivity index (χ0v) is 11.9. The first kappa shape index (κ1) is 13.3. The lowest BCUT2D eigenvalue weighted by Crippen LogP contribution is -2.05. The molecule has 0 amide bonds. The van der Waals surface area contributed by atoms with Gasteiger partial charge in [-0.25, -0.2) is 4.68 Å². The molecule has 102 valence electrons. The van der Waals surface area contributed by atoms with Gasteiger partial charge in [0.15, 0.2) is 11.5 Å². The molecule has 0 saturated carbocycles. The summed E-state index contributed by atoms with van der Waals surface area (Å²) >= 11 is 0. The van der Waals surface area contributed by atoms with Gasteiger partial charge >= 0.3 is 0 Å². The van der Waals surface area contributed by atoms with Crippen molar-refractivity contribution in [2.75, 3.05) is 20.0 Å². The van der Waals surface area contributed by atoms with Crippen molar-refractivity contribution in [1.82, 2.24) is 9.78 Å². The summed E-state index contributed by atoms with van der Waals surface area (Å²) in [4.78, 5) is 0. The van der Waals surface area contributed by atoms with E-state index >= 15 is 0 Å². The van der Waals surface area contributed by atoms with Crippen LogP contribution >= 0.6 is 0 Å². The summed E-state index contributed by atoms with van der Waals surface area (Å²) < 4.78 is 12.4. The Morgan fingerprint density at radius 3 is 2.11 bits per heavy atom. The van der Waals surface area contributed by atoms with Gasteiger partial charge in [-0.3, -0.25) is 0 Å². The minimum atomic E-state index is 0.600. The molecule has 5 heteroatoms. The number of aryl methyl sites for hydroxylation is 1. The van der Waals surface area contributed by atoms with Crippen LogP contribution in [0.3, 0.4) is 0 Å². The van der Waals surface area contributed by atoms with E-state index in [0.29, 0.717) is 17.2 Å². The van der Waals surface area contributed by atoms with E-state index < -0.39 is 0 Å². The molecule has 0 atom stereocenters. The average molecular weight is 261 g/mol. The summed E-state index contributed by atoms with van der Waals surface area (Å²) in [6.07, 6.45) is 0. The number of nitrogen functional groups attached to an aromatic ring is 1. The third-order valence-electron chi connectivity index (χ3n) is 3.41. The number of ether oxygens (including phenoxy) is 2. The first-order valence-electron chi connectivity index (χ1n) is 6.04. The van der Waals surface area contributed by atoms with Gasteiger partial charge in [-0.1, -0.05) is 0 Å². The molecular weight excluding hydrogens is 242 g/mol. The van der Waals surface area contributed by atoms with Crippen LogP contribution in [0.2, 0.25) is 0 Å². The molecule has 1 aromatic carbocycles. The van der Waals surface area contributed by atoms with Crippen molar-refractivity contribution in [3.63, 3.8) is 0 Å². The molecule has 2 N–H and O–H groups in total. The second-order valence-corrected chi connectivity index (χ2v) is 4.47. The number of aromatic nitrogens is 2. The van der Waals surface area contributed by atoms with Gasteiger partial charge in [-0.15, -0.1) is 0 Å². The van der Waals surface area contributed by atoms with Gasteiger partial charge in [0.05, 0.1) is 31.3 Å². The fraction of sp³-hybridized carbons (Fsp3) is 0.357. The highest BCUT2D eigenvalue weighted by Gasteiger charge is 2.15. The molecule has 5 nitrogen and oxygen atoms in total. The lowest BCUT2D eigenvalue weighted by Gasteiger charge is -2.13. The van der Waals surface area contributed by atoms with Crippen LogP contribution in [-0.2, 0) is 0 Å². The van der Waals surface area contributed by atoms with Gasteiger partial charge < -0.3 is 15.2 Å². The average Bonchev–Trinajstić information content (AvgIpc) is 2.66. The maximum atomic E-state index is 6.08. The van der Waals surface area contributed by atoms with Crippen LogP contribution in [0.1, 0.15) is 17.0 Å². The predicted octanol–water partition coefficient (Wildman–Crippen LogP) is 2.40. The number of rotatable bonds is 3. The Bertz CT molecular complexity index is 618. The molecule has 0 bridgehead atoms. The van der Waals surface area contributed by atoms with E-state index in [-0.39, 0.29) is 0 Å². The minimum absolute atomic E-state index is 0.600. The summed E-state index contributed by atoms with van der Waals surface area (Å²) in [5, 5.41) is 4.51. The number of nitrogens with two attached hydrogens (primary N) is 1. The van der Waals surface area contributed by atoms with Gasteiger partial charge in [0, 0.05) is 17.8 Å². The first-order valence-corrected chi connectivity index (χ1v) is 6.04. The van der Waals surface area contributed by atoms with Crippen LogP contribution in [0.25, 0.3) is 5.69 Å². The molecule has 0 saturated heterocycles. The zero-order chi connectivity index (χ0) is 14.2. The standard InChI is InChI=1S/C14H19N3O2/c1-8-9(2)16-17(10(8)3)12-7-14(19-5)13(18-4)6-11(12)15/h6-7H,15H2,1-5H3. The second kappa shape index (κ2) is 4.84. The van der Waals surface area contributed by atoms with Gasteiger partial charge in [0.2, 0.25) is 0 Å². The topological polar surface area (TPSA) is 62.3 Å². The Hall–Kier alpha value is -2.17. The summed E-state index contributed by atoms with van der Waals surface area (Å²) in [7, 11) is 3.19. The van der Waals surface area contributed by atoms with E-state index in [1.807, 2.05) is 31.5 Å². The van der Waals surface area contributed by atoms with Gasteiger partial charge in [-0.05, 0) is 26.3 Å². The van der Waals surface area contributed by atoms with E-state index in [1.54, 1.807) is 20.3 Å². The number of anilines is 1. The van der Waals surface area contributed by atoms with E-state index in [2.05, 4.69) is 5.10 Å². The third kappa shape index (κ3) is 2.12. The van der Waals surface area contributed by atoms with Crippen molar-refractivity contribution in [3.05, 3.63) is 29.1 Å². The molecule has 0 aliphatic carbocycles. The predicted molar refractivity (Wildman–Crippen MR) is 75.3 cm³/mol. The van der Waals surface area contributed by atoms with E-state index in [4.69, 9.17) is 15.2 Å². The SMILES string of the molecule is COc1cc(N)c(-n2nc(C)c(C)c2C)cc1OC. The number of hydrogen-bond acceptors (Lipinski definition) is 4. The van der Waals surface area contributed by atoms with Crippen LogP contribution in [0.5, 0.6) is 11.5 Å². The molecule has 2 aromatic rings. The lowest BCUT2D eigenvalue weighted by atomic mass is 10.2. The van der Waals surface area contributed by atoms with Crippen molar-refractivity contribution in [2.45, 2.75) is 20.8 Å². The van der Waals surface area contributed by atoms with Crippen LogP contribution in [0.4, 0.5) is 5.69 Å². The van der Waals surface area contributed by atoms with Gasteiger partial charge in [0.25, 0.3) is 0 Å². The molecule has 0 fully saturated rings. The molecular formula is C14H19N3O2. The van der Waals surface area contributed by atoms with Crippen LogP contribution in [0.15, 0.2) is 12.1 Å². The van der Waals surface area contributed by atoms with Crippen LogP contribution in [-0.4, -0.2) is 24.0 Å². The number of methoxy groups -OCH3 is 2. The Morgan fingerprint density at radius 1 is 1.05 bits per heavy atom. The van der Waals surface area contributed by atoms with Crippen LogP contribution < -0.4 is 15.2 Å². The quantitative estimate of drug-likeness (QED) is 0.862. The number of nitrogens with zero attached hydrogens (tertiary/aromatic N) is 2. The zero-order valence-electron chi connectivity index (χ0n) is 11.9. The highest BCUT2D eigenvalue weighted by Crippen LogP contribution is 2.34. The Balaban J connectivity index is 2.65. The molecule has 0 spiro atoms. The van der Waals surface area contributed by atoms with Crippen molar-refractivity contribution in [2.24, 2.45) is 0 Å². The first-order chi connectivity index (χ1) is 8.99. The maximum Gasteiger partial charge on any atom is 0.163 e. The summed E-state index contributed by atoms with van der Waals surface area (Å²) in [6, 6.07) is 3.59. The molecule has 0 unspecified atom stereocenters. The molecule has 0 radical (unpaired) electrons. The molecule has 0 aliphatic rings. The largest absolute Gasteiger partial charge is 0.493 e. The minimum Gasteiger partial charge on any atom is -0.493 e. The lowest BCUT2D eigenvalue weighted by molar-refractivity contribution is 0.355. The summed E-state index contributed by atoms with van der Waals surface area (Å²) in [6.45, 7) is 6.05. The van der Waals surface area contributed by atoms with Crippen LogP contribution in [0, 0.1) is 20.8 Å². The Morgan fingerprint density at radius 2 is 1.63 bits per heavy atom. The highest BCUT2D eigenvalue weighted by molar-refractivity contribution is 5.66. The van der Waals surface area contributed by atoms with Crippen molar-refractivity contribution < 1.29 is 9.47 Å². The van der Waals surface area contributed by atoms with Gasteiger partial charge in [-0.2, -0.15) is 5.10 Å². The van der Waals surface area contributed by atoms with E-state index in [0.717, 1.165) is 22.6 Å². The Labute approximate surface area is 112 Å². The van der Waals surface area contributed by atoms with E-state index in [9.17, 15) is 0 Å². The molecule has 19 heavy (non-hydrogen) atoms. The fourth-order valence-electron chi connectivity index (χ4n) is 2.02. The molecule has 1 heterocycles. The Kier molecular flexibility index (Phi) is 3.38. The molecule has 1 aromatic heterocycles. The van der Waals surface area contributed by atoms with Crippen molar-refractivity contribution in [3.8, 4) is 17.2 Å². The van der Waals surface area contributed by atoms with Crippen molar-refractivity contribution in [1.29, 1.82) is 0 Å². The fourth-order valence-corrected chi connectivity index (χ4v) is 2.02. The summed E-state index contributed by atoms with van der Waals surface area (Å²) in [5.74, 6) is 1.25.